The fourth-order valence-electron chi connectivity index (χ4n) is 2.00. The number of rotatable bonds is 4. The SMILES string of the molecule is CCc1csc(N2CC(OC)CC2C(=O)O)n1. The Bertz CT molecular complexity index is 407. The van der Waals surface area contributed by atoms with Gasteiger partial charge in [0, 0.05) is 25.5 Å². The molecule has 94 valence electrons. The van der Waals surface area contributed by atoms with Crippen molar-refractivity contribution >= 4 is 22.4 Å². The van der Waals surface area contributed by atoms with E-state index in [0.29, 0.717) is 13.0 Å². The first-order valence-corrected chi connectivity index (χ1v) is 6.50. The highest BCUT2D eigenvalue weighted by molar-refractivity contribution is 7.13. The predicted molar refractivity (Wildman–Crippen MR) is 65.7 cm³/mol. The second-order valence-electron chi connectivity index (χ2n) is 4.07. The van der Waals surface area contributed by atoms with Crippen LogP contribution in [0.3, 0.4) is 0 Å². The number of nitrogens with zero attached hydrogens (tertiary/aromatic N) is 2. The number of aryl methyl sites for hydroxylation is 1. The molecule has 1 N–H and O–H groups in total. The molecule has 2 unspecified atom stereocenters. The first-order valence-electron chi connectivity index (χ1n) is 5.62. The van der Waals surface area contributed by atoms with Crippen LogP contribution in [0.5, 0.6) is 0 Å². The van der Waals surface area contributed by atoms with E-state index in [4.69, 9.17) is 4.74 Å². The maximum Gasteiger partial charge on any atom is 0.326 e. The highest BCUT2D eigenvalue weighted by atomic mass is 32.1. The third-order valence-electron chi connectivity index (χ3n) is 3.03. The van der Waals surface area contributed by atoms with Gasteiger partial charge in [0.15, 0.2) is 5.13 Å². The number of hydrogen-bond donors (Lipinski definition) is 1. The molecule has 5 nitrogen and oxygen atoms in total. The maximum absolute atomic E-state index is 11.2. The maximum atomic E-state index is 11.2. The number of carboxylic acid groups (broad SMARTS) is 1. The first kappa shape index (κ1) is 12.3. The summed E-state index contributed by atoms with van der Waals surface area (Å²) < 4.78 is 5.25. The monoisotopic (exact) mass is 256 g/mol. The molecular formula is C11H16N2O3S. The zero-order valence-electron chi connectivity index (χ0n) is 9.92. The number of thiazole rings is 1. The Morgan fingerprint density at radius 3 is 3.06 bits per heavy atom. The topological polar surface area (TPSA) is 62.7 Å². The minimum atomic E-state index is -0.808. The number of aliphatic carboxylic acids is 1. The molecule has 1 aliphatic rings. The van der Waals surface area contributed by atoms with Gasteiger partial charge >= 0.3 is 5.97 Å². The Hall–Kier alpha value is -1.14. The van der Waals surface area contributed by atoms with Gasteiger partial charge in [-0.2, -0.15) is 0 Å². The Morgan fingerprint density at radius 2 is 2.53 bits per heavy atom. The summed E-state index contributed by atoms with van der Waals surface area (Å²) in [4.78, 5) is 17.5. The Labute approximate surface area is 104 Å². The molecule has 0 saturated carbocycles. The molecule has 0 aliphatic carbocycles. The highest BCUT2D eigenvalue weighted by Gasteiger charge is 2.38. The van der Waals surface area contributed by atoms with Crippen LogP contribution in [0.1, 0.15) is 19.0 Å². The molecule has 2 atom stereocenters. The number of anilines is 1. The Balaban J connectivity index is 2.20. The van der Waals surface area contributed by atoms with Gasteiger partial charge in [0.2, 0.25) is 0 Å². The van der Waals surface area contributed by atoms with Crippen molar-refractivity contribution in [1.82, 2.24) is 4.98 Å². The summed E-state index contributed by atoms with van der Waals surface area (Å²) in [6, 6.07) is -0.518. The van der Waals surface area contributed by atoms with Gasteiger partial charge in [-0.3, -0.25) is 0 Å². The lowest BCUT2D eigenvalue weighted by Crippen LogP contribution is -2.35. The molecule has 2 rings (SSSR count). The molecule has 1 fully saturated rings. The molecule has 0 spiro atoms. The molecule has 0 amide bonds. The van der Waals surface area contributed by atoms with Gasteiger partial charge in [0.25, 0.3) is 0 Å². The van der Waals surface area contributed by atoms with E-state index in [1.165, 1.54) is 11.3 Å². The van der Waals surface area contributed by atoms with Crippen molar-refractivity contribution in [3.05, 3.63) is 11.1 Å². The summed E-state index contributed by atoms with van der Waals surface area (Å²) in [6.07, 6.45) is 1.37. The molecule has 0 radical (unpaired) electrons. The molecular weight excluding hydrogens is 240 g/mol. The second kappa shape index (κ2) is 5.01. The van der Waals surface area contributed by atoms with Gasteiger partial charge in [-0.25, -0.2) is 9.78 Å². The average Bonchev–Trinajstić information content (AvgIpc) is 2.94. The fourth-order valence-corrected chi connectivity index (χ4v) is 2.97. The summed E-state index contributed by atoms with van der Waals surface area (Å²) in [6.45, 7) is 2.64. The van der Waals surface area contributed by atoms with E-state index < -0.39 is 12.0 Å². The van der Waals surface area contributed by atoms with Crippen molar-refractivity contribution in [2.24, 2.45) is 0 Å². The van der Waals surface area contributed by atoms with Crippen molar-refractivity contribution in [3.8, 4) is 0 Å². The van der Waals surface area contributed by atoms with Crippen LogP contribution in [0, 0.1) is 0 Å². The van der Waals surface area contributed by atoms with Crippen molar-refractivity contribution in [2.45, 2.75) is 31.9 Å². The minimum absolute atomic E-state index is 0.0231. The van der Waals surface area contributed by atoms with E-state index >= 15 is 0 Å². The lowest BCUT2D eigenvalue weighted by atomic mass is 10.2. The number of hydrogen-bond acceptors (Lipinski definition) is 5. The van der Waals surface area contributed by atoms with E-state index in [1.807, 2.05) is 17.2 Å². The van der Waals surface area contributed by atoms with Gasteiger partial charge in [0.05, 0.1) is 11.8 Å². The Kier molecular flexibility index (Phi) is 3.63. The van der Waals surface area contributed by atoms with E-state index in [0.717, 1.165) is 17.2 Å². The molecule has 1 aromatic rings. The smallest absolute Gasteiger partial charge is 0.326 e. The zero-order chi connectivity index (χ0) is 12.4. The number of ether oxygens (including phenoxy) is 1. The van der Waals surface area contributed by atoms with E-state index in [1.54, 1.807) is 7.11 Å². The van der Waals surface area contributed by atoms with E-state index in [-0.39, 0.29) is 6.10 Å². The van der Waals surface area contributed by atoms with Gasteiger partial charge < -0.3 is 14.7 Å². The van der Waals surface area contributed by atoms with Crippen LogP contribution in [0.15, 0.2) is 5.38 Å². The third-order valence-corrected chi connectivity index (χ3v) is 3.96. The number of carbonyl (C=O) groups is 1. The van der Waals surface area contributed by atoms with Gasteiger partial charge in [-0.1, -0.05) is 6.92 Å². The van der Waals surface area contributed by atoms with Crippen LogP contribution in [0.4, 0.5) is 5.13 Å². The third kappa shape index (κ3) is 2.42. The van der Waals surface area contributed by atoms with Gasteiger partial charge in [-0.05, 0) is 6.42 Å². The molecule has 2 heterocycles. The molecule has 0 bridgehead atoms. The van der Waals surface area contributed by atoms with Crippen LogP contribution in [0.25, 0.3) is 0 Å². The molecule has 1 saturated heterocycles. The normalized spacial score (nSPS) is 24.2. The molecule has 17 heavy (non-hydrogen) atoms. The summed E-state index contributed by atoms with van der Waals surface area (Å²) in [5.74, 6) is -0.808. The summed E-state index contributed by atoms with van der Waals surface area (Å²) in [5.41, 5.74) is 1.01. The number of methoxy groups -OCH3 is 1. The summed E-state index contributed by atoms with van der Waals surface area (Å²) in [5, 5.41) is 12.0. The average molecular weight is 256 g/mol. The van der Waals surface area contributed by atoms with Crippen molar-refractivity contribution < 1.29 is 14.6 Å². The van der Waals surface area contributed by atoms with Crippen LogP contribution in [0.2, 0.25) is 0 Å². The highest BCUT2D eigenvalue weighted by Crippen LogP contribution is 2.30. The number of carboxylic acids is 1. The van der Waals surface area contributed by atoms with Gasteiger partial charge in [-0.15, -0.1) is 11.3 Å². The minimum Gasteiger partial charge on any atom is -0.480 e. The van der Waals surface area contributed by atoms with Crippen LogP contribution >= 0.6 is 11.3 Å². The summed E-state index contributed by atoms with van der Waals surface area (Å²) in [7, 11) is 1.62. The molecule has 1 aromatic heterocycles. The lowest BCUT2D eigenvalue weighted by molar-refractivity contribution is -0.138. The van der Waals surface area contributed by atoms with Crippen molar-refractivity contribution in [1.29, 1.82) is 0 Å². The summed E-state index contributed by atoms with van der Waals surface area (Å²) >= 11 is 1.50. The molecule has 0 aromatic carbocycles. The lowest BCUT2D eigenvalue weighted by Gasteiger charge is -2.19. The van der Waals surface area contributed by atoms with Crippen molar-refractivity contribution in [2.75, 3.05) is 18.6 Å². The van der Waals surface area contributed by atoms with Crippen LogP contribution < -0.4 is 4.90 Å². The van der Waals surface area contributed by atoms with E-state index in [9.17, 15) is 9.90 Å². The fraction of sp³-hybridized carbons (Fsp3) is 0.636. The van der Waals surface area contributed by atoms with E-state index in [2.05, 4.69) is 4.98 Å². The quantitative estimate of drug-likeness (QED) is 0.882. The molecule has 6 heteroatoms. The molecule has 1 aliphatic heterocycles. The van der Waals surface area contributed by atoms with Gasteiger partial charge in [0.1, 0.15) is 6.04 Å². The van der Waals surface area contributed by atoms with Crippen LogP contribution in [-0.2, 0) is 16.0 Å². The number of aromatic nitrogens is 1. The standard InChI is InChI=1S/C11H16N2O3S/c1-3-7-6-17-11(12-7)13-5-8(16-2)4-9(13)10(14)15/h6,8-9H,3-5H2,1-2H3,(H,14,15). The second-order valence-corrected chi connectivity index (χ2v) is 4.91. The predicted octanol–water partition coefficient (Wildman–Crippen LogP) is 1.38. The van der Waals surface area contributed by atoms with Crippen molar-refractivity contribution in [3.63, 3.8) is 0 Å². The van der Waals surface area contributed by atoms with Crippen LogP contribution in [-0.4, -0.2) is 41.9 Å². The Morgan fingerprint density at radius 1 is 1.76 bits per heavy atom. The first-order chi connectivity index (χ1) is 8.15. The largest absolute Gasteiger partial charge is 0.480 e. The zero-order valence-corrected chi connectivity index (χ0v) is 10.7.